The molecule has 3 nitrogen and oxygen atoms in total. The Bertz CT molecular complexity index is 401. The zero-order valence-electron chi connectivity index (χ0n) is 11.0. The second-order valence-electron chi connectivity index (χ2n) is 4.66. The Morgan fingerprint density at radius 1 is 1.39 bits per heavy atom. The molecule has 18 heavy (non-hydrogen) atoms. The van der Waals surface area contributed by atoms with Crippen LogP contribution in [0.4, 0.5) is 0 Å². The van der Waals surface area contributed by atoms with Crippen LogP contribution >= 0.6 is 12.2 Å². The van der Waals surface area contributed by atoms with Crippen LogP contribution in [0.3, 0.4) is 0 Å². The van der Waals surface area contributed by atoms with Crippen LogP contribution in [0.25, 0.3) is 0 Å². The van der Waals surface area contributed by atoms with E-state index in [0.717, 1.165) is 17.4 Å². The molecule has 1 N–H and O–H groups in total. The zero-order valence-corrected chi connectivity index (χ0v) is 11.8. The van der Waals surface area contributed by atoms with Crippen LogP contribution in [-0.4, -0.2) is 29.7 Å². The molecule has 1 aromatic carbocycles. The van der Waals surface area contributed by atoms with Crippen molar-refractivity contribution in [2.24, 2.45) is 0 Å². The molecule has 0 spiro atoms. The molecule has 0 aliphatic heterocycles. The fourth-order valence-electron chi connectivity index (χ4n) is 1.72. The van der Waals surface area contributed by atoms with Crippen LogP contribution in [0.15, 0.2) is 24.3 Å². The standard InChI is InChI=1S/C14H20N2OS/c1-3-17-13-8-4-11(5-9-13)10-16(2)14(18)15-12-6-7-12/h4-5,8-9,12H,3,6-7,10H2,1-2H3,(H,15,18). The highest BCUT2D eigenvalue weighted by Crippen LogP contribution is 2.19. The van der Waals surface area contributed by atoms with Crippen LogP contribution in [0.2, 0.25) is 0 Å². The Labute approximate surface area is 114 Å². The highest BCUT2D eigenvalue weighted by atomic mass is 32.1. The molecule has 2 rings (SSSR count). The van der Waals surface area contributed by atoms with Gasteiger partial charge in [0, 0.05) is 19.6 Å². The molecule has 1 fully saturated rings. The predicted octanol–water partition coefficient (Wildman–Crippen LogP) is 2.55. The summed E-state index contributed by atoms with van der Waals surface area (Å²) < 4.78 is 5.42. The summed E-state index contributed by atoms with van der Waals surface area (Å²) in [5.74, 6) is 0.919. The van der Waals surface area contributed by atoms with Gasteiger partial charge in [-0.25, -0.2) is 0 Å². The Morgan fingerprint density at radius 3 is 2.61 bits per heavy atom. The van der Waals surface area contributed by atoms with Crippen LogP contribution in [0, 0.1) is 0 Å². The predicted molar refractivity (Wildman–Crippen MR) is 77.8 cm³/mol. The molecule has 0 saturated heterocycles. The molecule has 1 aliphatic rings. The number of nitrogens with zero attached hydrogens (tertiary/aromatic N) is 1. The maximum atomic E-state index is 5.42. The summed E-state index contributed by atoms with van der Waals surface area (Å²) in [6.07, 6.45) is 2.49. The van der Waals surface area contributed by atoms with Gasteiger partial charge in [-0.3, -0.25) is 0 Å². The fraction of sp³-hybridized carbons (Fsp3) is 0.500. The van der Waals surface area contributed by atoms with Crippen LogP contribution < -0.4 is 10.1 Å². The first-order valence-electron chi connectivity index (χ1n) is 6.42. The van der Waals surface area contributed by atoms with Gasteiger partial charge in [-0.2, -0.15) is 0 Å². The molecule has 4 heteroatoms. The van der Waals surface area contributed by atoms with Gasteiger partial charge in [0.15, 0.2) is 5.11 Å². The van der Waals surface area contributed by atoms with Crippen LogP contribution in [-0.2, 0) is 6.54 Å². The van der Waals surface area contributed by atoms with E-state index in [2.05, 4.69) is 22.3 Å². The average Bonchev–Trinajstić information content (AvgIpc) is 3.16. The minimum absolute atomic E-state index is 0.611. The summed E-state index contributed by atoms with van der Waals surface area (Å²) in [6.45, 7) is 3.52. The van der Waals surface area contributed by atoms with Gasteiger partial charge in [-0.15, -0.1) is 0 Å². The Hall–Kier alpha value is -1.29. The third-order valence-electron chi connectivity index (χ3n) is 2.91. The van der Waals surface area contributed by atoms with Crippen molar-refractivity contribution in [2.75, 3.05) is 13.7 Å². The van der Waals surface area contributed by atoms with E-state index in [-0.39, 0.29) is 0 Å². The molecule has 0 aromatic heterocycles. The zero-order chi connectivity index (χ0) is 13.0. The van der Waals surface area contributed by atoms with E-state index in [1.54, 1.807) is 0 Å². The van der Waals surface area contributed by atoms with Crippen molar-refractivity contribution in [3.63, 3.8) is 0 Å². The number of hydrogen-bond acceptors (Lipinski definition) is 2. The number of hydrogen-bond donors (Lipinski definition) is 1. The van der Waals surface area contributed by atoms with Gasteiger partial charge in [0.25, 0.3) is 0 Å². The summed E-state index contributed by atoms with van der Waals surface area (Å²) in [5, 5.41) is 4.18. The lowest BCUT2D eigenvalue weighted by molar-refractivity contribution is 0.340. The summed E-state index contributed by atoms with van der Waals surface area (Å²) in [5.41, 5.74) is 1.24. The second kappa shape index (κ2) is 6.05. The molecule has 0 radical (unpaired) electrons. The van der Waals surface area contributed by atoms with Gasteiger partial charge in [-0.05, 0) is 49.7 Å². The summed E-state index contributed by atoms with van der Waals surface area (Å²) in [4.78, 5) is 2.07. The monoisotopic (exact) mass is 264 g/mol. The van der Waals surface area contributed by atoms with E-state index in [9.17, 15) is 0 Å². The Kier molecular flexibility index (Phi) is 4.42. The molecule has 0 heterocycles. The second-order valence-corrected chi connectivity index (χ2v) is 5.04. The van der Waals surface area contributed by atoms with Gasteiger partial charge in [0.2, 0.25) is 0 Å². The van der Waals surface area contributed by atoms with E-state index in [4.69, 9.17) is 17.0 Å². The number of thiocarbonyl (C=S) groups is 1. The average molecular weight is 264 g/mol. The van der Waals surface area contributed by atoms with E-state index in [1.165, 1.54) is 18.4 Å². The molecule has 1 aliphatic carbocycles. The fourth-order valence-corrected chi connectivity index (χ4v) is 1.95. The normalized spacial score (nSPS) is 14.1. The summed E-state index contributed by atoms with van der Waals surface area (Å²) >= 11 is 5.35. The maximum absolute atomic E-state index is 5.42. The topological polar surface area (TPSA) is 24.5 Å². The van der Waals surface area contributed by atoms with Gasteiger partial charge >= 0.3 is 0 Å². The molecule has 0 bridgehead atoms. The van der Waals surface area contributed by atoms with Crippen LogP contribution in [0.1, 0.15) is 25.3 Å². The van der Waals surface area contributed by atoms with Crippen molar-refractivity contribution in [3.8, 4) is 5.75 Å². The van der Waals surface area contributed by atoms with Crippen molar-refractivity contribution < 1.29 is 4.74 Å². The minimum Gasteiger partial charge on any atom is -0.494 e. The van der Waals surface area contributed by atoms with E-state index in [1.807, 2.05) is 26.1 Å². The Morgan fingerprint density at radius 2 is 2.06 bits per heavy atom. The molecule has 1 aromatic rings. The third-order valence-corrected chi connectivity index (χ3v) is 3.34. The molecule has 0 amide bonds. The molecule has 0 atom stereocenters. The highest BCUT2D eigenvalue weighted by molar-refractivity contribution is 7.80. The van der Waals surface area contributed by atoms with Gasteiger partial charge < -0.3 is 15.0 Å². The van der Waals surface area contributed by atoms with Gasteiger partial charge in [-0.1, -0.05) is 12.1 Å². The first kappa shape index (κ1) is 13.1. The highest BCUT2D eigenvalue weighted by Gasteiger charge is 2.22. The molecular weight excluding hydrogens is 244 g/mol. The third kappa shape index (κ3) is 3.88. The van der Waals surface area contributed by atoms with Crippen molar-refractivity contribution in [3.05, 3.63) is 29.8 Å². The maximum Gasteiger partial charge on any atom is 0.169 e. The lowest BCUT2D eigenvalue weighted by Crippen LogP contribution is -2.37. The quantitative estimate of drug-likeness (QED) is 0.826. The summed E-state index contributed by atoms with van der Waals surface area (Å²) in [6, 6.07) is 8.79. The van der Waals surface area contributed by atoms with Gasteiger partial charge in [0.1, 0.15) is 5.75 Å². The first-order valence-corrected chi connectivity index (χ1v) is 6.83. The lowest BCUT2D eigenvalue weighted by Gasteiger charge is -2.21. The number of ether oxygens (including phenoxy) is 1. The van der Waals surface area contributed by atoms with E-state index >= 15 is 0 Å². The number of nitrogens with one attached hydrogen (secondary N) is 1. The van der Waals surface area contributed by atoms with Crippen molar-refractivity contribution >= 4 is 17.3 Å². The SMILES string of the molecule is CCOc1ccc(CN(C)C(=S)NC2CC2)cc1. The van der Waals surface area contributed by atoms with Crippen molar-refractivity contribution in [2.45, 2.75) is 32.4 Å². The first-order chi connectivity index (χ1) is 8.69. The van der Waals surface area contributed by atoms with Crippen molar-refractivity contribution in [1.29, 1.82) is 0 Å². The van der Waals surface area contributed by atoms with Crippen LogP contribution in [0.5, 0.6) is 5.75 Å². The van der Waals surface area contributed by atoms with Crippen molar-refractivity contribution in [1.82, 2.24) is 10.2 Å². The molecular formula is C14H20N2OS. The van der Waals surface area contributed by atoms with E-state index < -0.39 is 0 Å². The minimum atomic E-state index is 0.611. The molecule has 1 saturated carbocycles. The smallest absolute Gasteiger partial charge is 0.169 e. The molecule has 0 unspecified atom stereocenters. The Balaban J connectivity index is 1.85. The van der Waals surface area contributed by atoms with Gasteiger partial charge in [0.05, 0.1) is 6.61 Å². The summed E-state index contributed by atoms with van der Waals surface area (Å²) in [7, 11) is 2.02. The number of benzene rings is 1. The lowest BCUT2D eigenvalue weighted by atomic mass is 10.2. The largest absolute Gasteiger partial charge is 0.494 e. The number of rotatable bonds is 5. The van der Waals surface area contributed by atoms with E-state index in [0.29, 0.717) is 12.6 Å². The molecule has 98 valence electrons.